The Morgan fingerprint density at radius 2 is 2.27 bits per heavy atom. The van der Waals surface area contributed by atoms with Crippen LogP contribution in [0.3, 0.4) is 0 Å². The number of carbonyl (C=O) groups is 1. The summed E-state index contributed by atoms with van der Waals surface area (Å²) in [5.41, 5.74) is 1.37. The summed E-state index contributed by atoms with van der Waals surface area (Å²) in [7, 11) is 0. The van der Waals surface area contributed by atoms with Gasteiger partial charge in [0.15, 0.2) is 0 Å². The molecule has 0 spiro atoms. The molecular weight excluding hydrogens is 304 g/mol. The smallest absolute Gasteiger partial charge is 0.257 e. The van der Waals surface area contributed by atoms with Crippen LogP contribution in [0.5, 0.6) is 0 Å². The van der Waals surface area contributed by atoms with Crippen LogP contribution >= 0.6 is 11.5 Å². The van der Waals surface area contributed by atoms with E-state index in [-0.39, 0.29) is 17.9 Å². The van der Waals surface area contributed by atoms with Gasteiger partial charge >= 0.3 is 0 Å². The van der Waals surface area contributed by atoms with E-state index in [0.717, 1.165) is 5.69 Å². The topological polar surface area (TPSA) is 81.4 Å². The summed E-state index contributed by atoms with van der Waals surface area (Å²) in [5, 5.41) is 9.91. The van der Waals surface area contributed by atoms with Crippen LogP contribution in [0.4, 0.5) is 0 Å². The molecule has 1 fully saturated rings. The van der Waals surface area contributed by atoms with Crippen LogP contribution < -0.4 is 0 Å². The average molecular weight is 322 g/mol. The maximum absolute atomic E-state index is 12.8. The standard InChI is InChI=1S/C14H18N4O3S/c1-8(2)12-15-16-13(21-12)11-6-20-5-4-18(11)14(19)10-7-22-17-9(10)3/h7-8,11H,4-6H2,1-3H3. The largest absolute Gasteiger partial charge is 0.423 e. The molecule has 1 aliphatic heterocycles. The molecule has 0 N–H and O–H groups in total. The van der Waals surface area contributed by atoms with Gasteiger partial charge in [0, 0.05) is 17.8 Å². The van der Waals surface area contributed by atoms with Gasteiger partial charge in [0.25, 0.3) is 5.91 Å². The molecule has 0 bridgehead atoms. The van der Waals surface area contributed by atoms with Crippen LogP contribution in [-0.2, 0) is 4.74 Å². The van der Waals surface area contributed by atoms with E-state index in [9.17, 15) is 4.79 Å². The van der Waals surface area contributed by atoms with Crippen molar-refractivity contribution in [2.45, 2.75) is 32.7 Å². The summed E-state index contributed by atoms with van der Waals surface area (Å²) >= 11 is 1.28. The highest BCUT2D eigenvalue weighted by Gasteiger charge is 2.34. The first kappa shape index (κ1) is 15.1. The number of morpholine rings is 1. The van der Waals surface area contributed by atoms with E-state index in [0.29, 0.717) is 37.1 Å². The van der Waals surface area contributed by atoms with E-state index < -0.39 is 0 Å². The summed E-state index contributed by atoms with van der Waals surface area (Å²) in [6, 6.07) is -0.347. The van der Waals surface area contributed by atoms with Crippen molar-refractivity contribution in [2.24, 2.45) is 0 Å². The third kappa shape index (κ3) is 2.76. The van der Waals surface area contributed by atoms with E-state index in [1.807, 2.05) is 20.8 Å². The second kappa shape index (κ2) is 6.13. The van der Waals surface area contributed by atoms with Gasteiger partial charge in [-0.25, -0.2) is 0 Å². The lowest BCUT2D eigenvalue weighted by Gasteiger charge is -2.33. The van der Waals surface area contributed by atoms with Crippen LogP contribution in [0.1, 0.15) is 53.6 Å². The predicted molar refractivity (Wildman–Crippen MR) is 79.8 cm³/mol. The van der Waals surface area contributed by atoms with Crippen LogP contribution in [0.25, 0.3) is 0 Å². The van der Waals surface area contributed by atoms with Crippen molar-refractivity contribution in [2.75, 3.05) is 19.8 Å². The Hall–Kier alpha value is -1.80. The van der Waals surface area contributed by atoms with Crippen molar-refractivity contribution in [3.05, 3.63) is 28.4 Å². The number of hydrogen-bond donors (Lipinski definition) is 0. The highest BCUT2D eigenvalue weighted by Crippen LogP contribution is 2.27. The highest BCUT2D eigenvalue weighted by molar-refractivity contribution is 7.03. The number of hydrogen-bond acceptors (Lipinski definition) is 7. The van der Waals surface area contributed by atoms with Crippen molar-refractivity contribution in [1.82, 2.24) is 19.5 Å². The van der Waals surface area contributed by atoms with Gasteiger partial charge < -0.3 is 14.1 Å². The second-order valence-corrected chi connectivity index (χ2v) is 6.17. The molecule has 1 atom stereocenters. The summed E-state index contributed by atoms with van der Waals surface area (Å²) in [5.74, 6) is 1.08. The maximum atomic E-state index is 12.8. The molecular formula is C14H18N4O3S. The molecule has 0 radical (unpaired) electrons. The fourth-order valence-electron chi connectivity index (χ4n) is 2.32. The Morgan fingerprint density at radius 1 is 1.45 bits per heavy atom. The average Bonchev–Trinajstić information content (AvgIpc) is 3.15. The van der Waals surface area contributed by atoms with E-state index in [2.05, 4.69) is 14.6 Å². The van der Waals surface area contributed by atoms with Gasteiger partial charge in [-0.3, -0.25) is 4.79 Å². The number of rotatable bonds is 3. The van der Waals surface area contributed by atoms with Gasteiger partial charge in [-0.05, 0) is 18.5 Å². The van der Waals surface area contributed by atoms with Gasteiger partial charge in [0.05, 0.1) is 24.5 Å². The van der Waals surface area contributed by atoms with E-state index >= 15 is 0 Å². The van der Waals surface area contributed by atoms with Crippen LogP contribution in [0, 0.1) is 6.92 Å². The van der Waals surface area contributed by atoms with Crippen molar-refractivity contribution >= 4 is 17.4 Å². The summed E-state index contributed by atoms with van der Waals surface area (Å²) < 4.78 is 15.4. The fourth-order valence-corrected chi connectivity index (χ4v) is 3.00. The molecule has 3 heterocycles. The molecule has 3 rings (SSSR count). The van der Waals surface area contributed by atoms with Gasteiger partial charge in [0.1, 0.15) is 6.04 Å². The van der Waals surface area contributed by atoms with Crippen molar-refractivity contribution < 1.29 is 13.9 Å². The van der Waals surface area contributed by atoms with Crippen LogP contribution in [-0.4, -0.2) is 45.1 Å². The van der Waals surface area contributed by atoms with E-state index in [4.69, 9.17) is 9.15 Å². The van der Waals surface area contributed by atoms with Crippen molar-refractivity contribution in [3.8, 4) is 0 Å². The zero-order valence-electron chi connectivity index (χ0n) is 12.8. The third-order valence-electron chi connectivity index (χ3n) is 3.60. The Balaban J connectivity index is 1.87. The Labute approximate surface area is 132 Å². The number of aromatic nitrogens is 3. The molecule has 8 heteroatoms. The zero-order chi connectivity index (χ0) is 15.7. The van der Waals surface area contributed by atoms with Crippen molar-refractivity contribution in [1.29, 1.82) is 0 Å². The molecule has 1 saturated heterocycles. The number of ether oxygens (including phenoxy) is 1. The van der Waals surface area contributed by atoms with Gasteiger partial charge in [0.2, 0.25) is 11.8 Å². The first-order chi connectivity index (χ1) is 10.6. The van der Waals surface area contributed by atoms with Crippen LogP contribution in [0.2, 0.25) is 0 Å². The Kier molecular flexibility index (Phi) is 4.21. The fraction of sp³-hybridized carbons (Fsp3) is 0.571. The normalized spacial score (nSPS) is 18.9. The first-order valence-corrected chi connectivity index (χ1v) is 8.04. The zero-order valence-corrected chi connectivity index (χ0v) is 13.6. The molecule has 7 nitrogen and oxygen atoms in total. The minimum Gasteiger partial charge on any atom is -0.423 e. The first-order valence-electron chi connectivity index (χ1n) is 7.21. The minimum absolute atomic E-state index is 0.0659. The quantitative estimate of drug-likeness (QED) is 0.861. The lowest BCUT2D eigenvalue weighted by atomic mass is 10.1. The van der Waals surface area contributed by atoms with Crippen molar-refractivity contribution in [3.63, 3.8) is 0 Å². The predicted octanol–water partition coefficient (Wildman–Crippen LogP) is 2.17. The lowest BCUT2D eigenvalue weighted by molar-refractivity contribution is -0.0108. The molecule has 0 saturated carbocycles. The molecule has 1 unspecified atom stereocenters. The molecule has 2 aromatic rings. The Morgan fingerprint density at radius 3 is 2.91 bits per heavy atom. The van der Waals surface area contributed by atoms with E-state index in [1.165, 1.54) is 11.5 Å². The number of carbonyl (C=O) groups excluding carboxylic acids is 1. The van der Waals surface area contributed by atoms with Crippen LogP contribution in [0.15, 0.2) is 9.80 Å². The van der Waals surface area contributed by atoms with E-state index in [1.54, 1.807) is 10.3 Å². The second-order valence-electron chi connectivity index (χ2n) is 5.54. The van der Waals surface area contributed by atoms with Gasteiger partial charge in [-0.2, -0.15) is 4.37 Å². The molecule has 0 aromatic carbocycles. The maximum Gasteiger partial charge on any atom is 0.257 e. The molecule has 1 amide bonds. The molecule has 2 aromatic heterocycles. The minimum atomic E-state index is -0.347. The summed E-state index contributed by atoms with van der Waals surface area (Å²) in [4.78, 5) is 14.5. The number of amides is 1. The lowest BCUT2D eigenvalue weighted by Crippen LogP contribution is -2.43. The number of aryl methyl sites for hydroxylation is 1. The van der Waals surface area contributed by atoms with Gasteiger partial charge in [-0.1, -0.05) is 13.8 Å². The van der Waals surface area contributed by atoms with Gasteiger partial charge in [-0.15, -0.1) is 10.2 Å². The SMILES string of the molecule is Cc1nscc1C(=O)N1CCOCC1c1nnc(C(C)C)o1. The third-order valence-corrected chi connectivity index (χ3v) is 4.33. The molecule has 1 aliphatic rings. The molecule has 118 valence electrons. The monoisotopic (exact) mass is 322 g/mol. The molecule has 22 heavy (non-hydrogen) atoms. The number of nitrogens with zero attached hydrogens (tertiary/aromatic N) is 4. The highest BCUT2D eigenvalue weighted by atomic mass is 32.1. The molecule has 0 aliphatic carbocycles. The summed E-state index contributed by atoms with van der Waals surface area (Å²) in [6.45, 7) is 7.17. The Bertz CT molecular complexity index is 667. The summed E-state index contributed by atoms with van der Waals surface area (Å²) in [6.07, 6.45) is 0.